The Bertz CT molecular complexity index is 523. The summed E-state index contributed by atoms with van der Waals surface area (Å²) in [6, 6.07) is 8.98. The van der Waals surface area contributed by atoms with Crippen molar-refractivity contribution in [1.82, 2.24) is 0 Å². The summed E-state index contributed by atoms with van der Waals surface area (Å²) in [4.78, 5) is 12.1. The number of furan rings is 1. The number of primary amides is 1. The molecule has 0 saturated carbocycles. The average molecular weight is 248 g/mol. The van der Waals surface area contributed by atoms with Crippen molar-refractivity contribution in [3.63, 3.8) is 0 Å². The average Bonchev–Trinajstić information content (AvgIpc) is 2.80. The lowest BCUT2D eigenvalue weighted by molar-refractivity contribution is 0.100. The lowest BCUT2D eigenvalue weighted by Gasteiger charge is -2.04. The number of carbonyl (C=O) groups is 1. The predicted molar refractivity (Wildman–Crippen MR) is 67.6 cm³/mol. The third-order valence-corrected chi connectivity index (χ3v) is 3.27. The van der Waals surface area contributed by atoms with Crippen molar-refractivity contribution in [2.45, 2.75) is 10.6 Å². The van der Waals surface area contributed by atoms with Crippen molar-refractivity contribution >= 4 is 23.4 Å². The molecule has 0 fully saturated rings. The van der Waals surface area contributed by atoms with Gasteiger partial charge in [-0.25, -0.2) is 0 Å². The summed E-state index contributed by atoms with van der Waals surface area (Å²) in [5.41, 5.74) is 11.6. The molecule has 17 heavy (non-hydrogen) atoms. The van der Waals surface area contributed by atoms with E-state index >= 15 is 0 Å². The van der Waals surface area contributed by atoms with Crippen LogP contribution in [0.2, 0.25) is 0 Å². The van der Waals surface area contributed by atoms with Gasteiger partial charge in [-0.2, -0.15) is 0 Å². The smallest absolute Gasteiger partial charge is 0.250 e. The molecular formula is C12H12N2O2S. The van der Waals surface area contributed by atoms with Crippen LogP contribution in [0.15, 0.2) is 45.9 Å². The molecule has 0 aliphatic rings. The minimum atomic E-state index is -0.511. The number of hydrogen-bond acceptors (Lipinski definition) is 4. The van der Waals surface area contributed by atoms with Crippen LogP contribution in [0.5, 0.6) is 0 Å². The molecule has 0 atom stereocenters. The second kappa shape index (κ2) is 4.97. The van der Waals surface area contributed by atoms with Crippen LogP contribution >= 0.6 is 11.8 Å². The van der Waals surface area contributed by atoms with Crippen LogP contribution in [0, 0.1) is 0 Å². The zero-order valence-electron chi connectivity index (χ0n) is 9.05. The molecule has 2 aromatic rings. The summed E-state index contributed by atoms with van der Waals surface area (Å²) in [7, 11) is 0. The van der Waals surface area contributed by atoms with E-state index in [0.29, 0.717) is 17.0 Å². The van der Waals surface area contributed by atoms with Crippen LogP contribution in [-0.4, -0.2) is 5.91 Å². The summed E-state index contributed by atoms with van der Waals surface area (Å²) >= 11 is 1.56. The van der Waals surface area contributed by atoms with E-state index < -0.39 is 5.91 Å². The molecule has 0 spiro atoms. The van der Waals surface area contributed by atoms with Gasteiger partial charge in [-0.15, -0.1) is 11.8 Å². The Labute approximate surface area is 103 Å². The van der Waals surface area contributed by atoms with Gasteiger partial charge in [0.1, 0.15) is 5.76 Å². The van der Waals surface area contributed by atoms with Crippen molar-refractivity contribution in [3.05, 3.63) is 47.9 Å². The molecule has 1 aromatic carbocycles. The fourth-order valence-electron chi connectivity index (χ4n) is 1.39. The first-order valence-corrected chi connectivity index (χ1v) is 6.00. The second-order valence-electron chi connectivity index (χ2n) is 3.48. The van der Waals surface area contributed by atoms with Gasteiger partial charge in [0.15, 0.2) is 0 Å². The first-order chi connectivity index (χ1) is 8.16. The Morgan fingerprint density at radius 2 is 2.18 bits per heavy atom. The number of anilines is 1. The third kappa shape index (κ3) is 2.82. The molecule has 2 rings (SSSR count). The molecule has 0 saturated heterocycles. The van der Waals surface area contributed by atoms with Crippen LogP contribution in [0.1, 0.15) is 16.1 Å². The largest absolute Gasteiger partial charge is 0.468 e. The van der Waals surface area contributed by atoms with Gasteiger partial charge >= 0.3 is 0 Å². The number of nitrogen functional groups attached to an aromatic ring is 1. The van der Waals surface area contributed by atoms with E-state index in [9.17, 15) is 4.79 Å². The van der Waals surface area contributed by atoms with Crippen LogP contribution in [0.3, 0.4) is 0 Å². The summed E-state index contributed by atoms with van der Waals surface area (Å²) in [6.45, 7) is 0. The predicted octanol–water partition coefficient (Wildman–Crippen LogP) is 2.25. The summed E-state index contributed by atoms with van der Waals surface area (Å²) in [5, 5.41) is 0. The highest BCUT2D eigenvalue weighted by Gasteiger charge is 2.07. The molecule has 1 heterocycles. The maximum absolute atomic E-state index is 11.1. The molecular weight excluding hydrogens is 236 g/mol. The number of nitrogens with two attached hydrogens (primary N) is 2. The molecule has 88 valence electrons. The van der Waals surface area contributed by atoms with E-state index in [-0.39, 0.29) is 0 Å². The number of carbonyl (C=O) groups excluding carboxylic acids is 1. The highest BCUT2D eigenvalue weighted by atomic mass is 32.2. The van der Waals surface area contributed by atoms with E-state index in [1.165, 1.54) is 0 Å². The van der Waals surface area contributed by atoms with Gasteiger partial charge in [0, 0.05) is 10.6 Å². The normalized spacial score (nSPS) is 10.4. The Hall–Kier alpha value is -1.88. The zero-order chi connectivity index (χ0) is 12.3. The molecule has 0 bridgehead atoms. The monoisotopic (exact) mass is 248 g/mol. The Morgan fingerprint density at radius 3 is 2.82 bits per heavy atom. The minimum Gasteiger partial charge on any atom is -0.468 e. The molecule has 4 nitrogen and oxygen atoms in total. The zero-order valence-corrected chi connectivity index (χ0v) is 9.87. The van der Waals surface area contributed by atoms with Crippen LogP contribution < -0.4 is 11.5 Å². The van der Waals surface area contributed by atoms with Gasteiger partial charge in [0.05, 0.1) is 17.6 Å². The van der Waals surface area contributed by atoms with Crippen molar-refractivity contribution in [3.8, 4) is 0 Å². The van der Waals surface area contributed by atoms with Crippen molar-refractivity contribution in [2.75, 3.05) is 5.73 Å². The van der Waals surface area contributed by atoms with Gasteiger partial charge in [-0.05, 0) is 30.3 Å². The van der Waals surface area contributed by atoms with E-state index in [1.54, 1.807) is 30.2 Å². The van der Waals surface area contributed by atoms with Crippen LogP contribution in [0.25, 0.3) is 0 Å². The summed E-state index contributed by atoms with van der Waals surface area (Å²) < 4.78 is 5.22. The Morgan fingerprint density at radius 1 is 1.35 bits per heavy atom. The number of amides is 1. The second-order valence-corrected chi connectivity index (χ2v) is 4.53. The van der Waals surface area contributed by atoms with Gasteiger partial charge in [-0.1, -0.05) is 0 Å². The number of thioether (sulfide) groups is 1. The molecule has 1 aromatic heterocycles. The van der Waals surface area contributed by atoms with Gasteiger partial charge in [-0.3, -0.25) is 4.79 Å². The topological polar surface area (TPSA) is 82.2 Å². The maximum atomic E-state index is 11.1. The van der Waals surface area contributed by atoms with Gasteiger partial charge in [0.25, 0.3) is 5.91 Å². The van der Waals surface area contributed by atoms with E-state index in [2.05, 4.69) is 0 Å². The van der Waals surface area contributed by atoms with Crippen LogP contribution in [0.4, 0.5) is 5.69 Å². The first-order valence-electron chi connectivity index (χ1n) is 5.01. The summed E-state index contributed by atoms with van der Waals surface area (Å²) in [5.74, 6) is 1.07. The van der Waals surface area contributed by atoms with Crippen LogP contribution in [-0.2, 0) is 5.75 Å². The number of rotatable bonds is 4. The lowest BCUT2D eigenvalue weighted by atomic mass is 10.2. The molecule has 1 amide bonds. The summed E-state index contributed by atoms with van der Waals surface area (Å²) in [6.07, 6.45) is 1.63. The molecule has 5 heteroatoms. The number of hydrogen-bond donors (Lipinski definition) is 2. The lowest BCUT2D eigenvalue weighted by Crippen LogP contribution is -2.13. The van der Waals surface area contributed by atoms with Crippen molar-refractivity contribution in [2.24, 2.45) is 5.73 Å². The van der Waals surface area contributed by atoms with Gasteiger partial charge in [0.2, 0.25) is 0 Å². The van der Waals surface area contributed by atoms with E-state index in [1.807, 2.05) is 18.2 Å². The van der Waals surface area contributed by atoms with Crippen molar-refractivity contribution < 1.29 is 9.21 Å². The molecule has 0 radical (unpaired) electrons. The SMILES string of the molecule is NC(=O)c1cc(SCc2ccco2)ccc1N. The maximum Gasteiger partial charge on any atom is 0.250 e. The van der Waals surface area contributed by atoms with E-state index in [4.69, 9.17) is 15.9 Å². The fraction of sp³-hybridized carbons (Fsp3) is 0.0833. The first kappa shape index (κ1) is 11.6. The highest BCUT2D eigenvalue weighted by molar-refractivity contribution is 7.98. The van der Waals surface area contributed by atoms with E-state index in [0.717, 1.165) is 10.7 Å². The molecule has 4 N–H and O–H groups in total. The third-order valence-electron chi connectivity index (χ3n) is 2.25. The molecule has 0 unspecified atom stereocenters. The van der Waals surface area contributed by atoms with Gasteiger partial charge < -0.3 is 15.9 Å². The minimum absolute atomic E-state index is 0.356. The molecule has 0 aliphatic heterocycles. The highest BCUT2D eigenvalue weighted by Crippen LogP contribution is 2.26. The molecule has 0 aliphatic carbocycles. The number of benzene rings is 1. The van der Waals surface area contributed by atoms with Crippen molar-refractivity contribution in [1.29, 1.82) is 0 Å². The Balaban J connectivity index is 2.11. The Kier molecular flexibility index (Phi) is 3.39. The standard InChI is InChI=1S/C12H12N2O2S/c13-11-4-3-9(6-10(11)12(14)15)17-7-8-2-1-5-16-8/h1-6H,7,13H2,(H2,14,15). The fourth-order valence-corrected chi connectivity index (χ4v) is 2.23. The quantitative estimate of drug-likeness (QED) is 0.642.